The molecule has 0 saturated carbocycles. The van der Waals surface area contributed by atoms with E-state index in [9.17, 15) is 17.6 Å². The predicted octanol–water partition coefficient (Wildman–Crippen LogP) is 2.14. The highest BCUT2D eigenvalue weighted by atomic mass is 32.1. The molecule has 0 bridgehead atoms. The van der Waals surface area contributed by atoms with Gasteiger partial charge in [0.1, 0.15) is 10.8 Å². The minimum atomic E-state index is -4.19. The monoisotopic (exact) mass is 321 g/mol. The molecular weight excluding hydrogens is 306 g/mol. The molecule has 8 heteroatoms. The van der Waals surface area contributed by atoms with Gasteiger partial charge in [0, 0.05) is 37.4 Å². The van der Waals surface area contributed by atoms with E-state index in [1.165, 1.54) is 17.0 Å². The van der Waals surface area contributed by atoms with Crippen LogP contribution in [0.25, 0.3) is 0 Å². The topological polar surface area (TPSA) is 32.5 Å². The van der Waals surface area contributed by atoms with E-state index in [0.717, 1.165) is 0 Å². The number of nitrogens with two attached hydrogens (primary N) is 1. The second-order valence-corrected chi connectivity index (χ2v) is 5.35. The van der Waals surface area contributed by atoms with Crippen LogP contribution in [0.4, 0.5) is 23.2 Å². The molecule has 1 aromatic rings. The Labute approximate surface area is 125 Å². The molecule has 0 radical (unpaired) electrons. The van der Waals surface area contributed by atoms with E-state index >= 15 is 0 Å². The van der Waals surface area contributed by atoms with Crippen molar-refractivity contribution in [3.63, 3.8) is 0 Å². The summed E-state index contributed by atoms with van der Waals surface area (Å²) in [6.45, 7) is 0.510. The van der Waals surface area contributed by atoms with Crippen LogP contribution in [0.15, 0.2) is 18.2 Å². The predicted molar refractivity (Wildman–Crippen MR) is 77.0 cm³/mol. The summed E-state index contributed by atoms with van der Waals surface area (Å²) in [5.74, 6) is -0.516. The smallest absolute Gasteiger partial charge is 0.389 e. The summed E-state index contributed by atoms with van der Waals surface area (Å²) >= 11 is 4.73. The van der Waals surface area contributed by atoms with Gasteiger partial charge >= 0.3 is 6.18 Å². The Morgan fingerprint density at radius 2 is 1.81 bits per heavy atom. The number of hydrogen-bond donors (Lipinski definition) is 1. The van der Waals surface area contributed by atoms with Crippen molar-refractivity contribution in [1.82, 2.24) is 4.90 Å². The molecule has 0 atom stereocenters. The van der Waals surface area contributed by atoms with Gasteiger partial charge in [0.15, 0.2) is 0 Å². The number of anilines is 1. The minimum Gasteiger partial charge on any atom is -0.389 e. The first-order valence-corrected chi connectivity index (χ1v) is 6.80. The van der Waals surface area contributed by atoms with Crippen LogP contribution in [0.3, 0.4) is 0 Å². The standard InChI is InChI=1S/C13H15F4N3S/c14-11-7-9(1-2-10(11)12(18)21)20-5-3-19(4-6-20)8-13(15,16)17/h1-2,7H,3-6,8H2,(H2,18,21). The zero-order chi connectivity index (χ0) is 15.6. The summed E-state index contributed by atoms with van der Waals surface area (Å²) in [6.07, 6.45) is -4.19. The Bertz CT molecular complexity index is 525. The van der Waals surface area contributed by atoms with E-state index < -0.39 is 18.5 Å². The van der Waals surface area contributed by atoms with Crippen molar-refractivity contribution >= 4 is 22.9 Å². The molecular formula is C13H15F4N3S. The van der Waals surface area contributed by atoms with E-state index in [1.54, 1.807) is 6.07 Å². The molecule has 0 unspecified atom stereocenters. The van der Waals surface area contributed by atoms with Gasteiger partial charge in [0.25, 0.3) is 0 Å². The van der Waals surface area contributed by atoms with Crippen LogP contribution in [0.5, 0.6) is 0 Å². The summed E-state index contributed by atoms with van der Waals surface area (Å²) in [5.41, 5.74) is 6.18. The van der Waals surface area contributed by atoms with Crippen LogP contribution in [0.1, 0.15) is 5.56 Å². The maximum Gasteiger partial charge on any atom is 0.401 e. The van der Waals surface area contributed by atoms with E-state index in [2.05, 4.69) is 0 Å². The van der Waals surface area contributed by atoms with Crippen LogP contribution in [-0.4, -0.2) is 48.8 Å². The Balaban J connectivity index is 1.99. The van der Waals surface area contributed by atoms with Gasteiger partial charge in [-0.05, 0) is 18.2 Å². The lowest BCUT2D eigenvalue weighted by Crippen LogP contribution is -2.49. The molecule has 1 fully saturated rings. The Morgan fingerprint density at radius 1 is 1.19 bits per heavy atom. The van der Waals surface area contributed by atoms with Crippen molar-refractivity contribution in [2.24, 2.45) is 5.73 Å². The normalized spacial score (nSPS) is 17.0. The lowest BCUT2D eigenvalue weighted by molar-refractivity contribution is -0.146. The van der Waals surface area contributed by atoms with Crippen molar-refractivity contribution in [1.29, 1.82) is 0 Å². The van der Waals surface area contributed by atoms with Crippen molar-refractivity contribution in [3.05, 3.63) is 29.6 Å². The highest BCUT2D eigenvalue weighted by Gasteiger charge is 2.32. The van der Waals surface area contributed by atoms with E-state index in [1.807, 2.05) is 4.90 Å². The third-order valence-electron chi connectivity index (χ3n) is 3.36. The summed E-state index contributed by atoms with van der Waals surface area (Å²) in [4.78, 5) is 3.17. The van der Waals surface area contributed by atoms with Crippen LogP contribution in [0.2, 0.25) is 0 Å². The third-order valence-corrected chi connectivity index (χ3v) is 3.58. The minimum absolute atomic E-state index is 0.0194. The Morgan fingerprint density at radius 3 is 2.29 bits per heavy atom. The van der Waals surface area contributed by atoms with Gasteiger partial charge in [-0.15, -0.1) is 0 Å². The largest absolute Gasteiger partial charge is 0.401 e. The van der Waals surface area contributed by atoms with E-state index in [4.69, 9.17) is 18.0 Å². The van der Waals surface area contributed by atoms with Gasteiger partial charge in [-0.1, -0.05) is 12.2 Å². The molecule has 1 aliphatic heterocycles. The molecule has 2 N–H and O–H groups in total. The highest BCUT2D eigenvalue weighted by Crippen LogP contribution is 2.22. The summed E-state index contributed by atoms with van der Waals surface area (Å²) in [6, 6.07) is 4.49. The average molecular weight is 321 g/mol. The van der Waals surface area contributed by atoms with Crippen molar-refractivity contribution in [3.8, 4) is 0 Å². The van der Waals surface area contributed by atoms with Crippen molar-refractivity contribution in [2.75, 3.05) is 37.6 Å². The number of benzene rings is 1. The van der Waals surface area contributed by atoms with Crippen LogP contribution < -0.4 is 10.6 Å². The second kappa shape index (κ2) is 6.15. The van der Waals surface area contributed by atoms with Crippen molar-refractivity contribution < 1.29 is 17.6 Å². The van der Waals surface area contributed by atoms with Gasteiger partial charge in [-0.3, -0.25) is 4.90 Å². The molecule has 0 aliphatic carbocycles. The molecule has 0 amide bonds. The van der Waals surface area contributed by atoms with E-state index in [0.29, 0.717) is 18.8 Å². The first-order valence-electron chi connectivity index (χ1n) is 6.40. The maximum absolute atomic E-state index is 13.8. The Kier molecular flexibility index (Phi) is 4.67. The number of hydrogen-bond acceptors (Lipinski definition) is 3. The third kappa shape index (κ3) is 4.28. The summed E-state index contributed by atoms with van der Waals surface area (Å²) < 4.78 is 50.7. The molecule has 116 valence electrons. The van der Waals surface area contributed by atoms with E-state index in [-0.39, 0.29) is 23.6 Å². The number of rotatable bonds is 3. The second-order valence-electron chi connectivity index (χ2n) is 4.91. The number of piperazine rings is 1. The highest BCUT2D eigenvalue weighted by molar-refractivity contribution is 7.80. The molecule has 2 rings (SSSR count). The lowest BCUT2D eigenvalue weighted by atomic mass is 10.1. The van der Waals surface area contributed by atoms with Gasteiger partial charge in [0.05, 0.1) is 6.54 Å². The van der Waals surface area contributed by atoms with Gasteiger partial charge in [0.2, 0.25) is 0 Å². The number of thiocarbonyl (C=S) groups is 1. The van der Waals surface area contributed by atoms with Crippen LogP contribution in [0, 0.1) is 5.82 Å². The van der Waals surface area contributed by atoms with Gasteiger partial charge in [-0.25, -0.2) is 4.39 Å². The molecule has 21 heavy (non-hydrogen) atoms. The lowest BCUT2D eigenvalue weighted by Gasteiger charge is -2.36. The molecule has 1 heterocycles. The fourth-order valence-corrected chi connectivity index (χ4v) is 2.48. The molecule has 1 aliphatic rings. The average Bonchev–Trinajstić information content (AvgIpc) is 2.37. The number of halogens is 4. The van der Waals surface area contributed by atoms with Gasteiger partial charge in [-0.2, -0.15) is 13.2 Å². The number of nitrogens with zero attached hydrogens (tertiary/aromatic N) is 2. The SMILES string of the molecule is NC(=S)c1ccc(N2CCN(CC(F)(F)F)CC2)cc1F. The molecule has 0 spiro atoms. The molecule has 1 aromatic carbocycles. The zero-order valence-corrected chi connectivity index (χ0v) is 12.0. The first kappa shape index (κ1) is 16.0. The first-order chi connectivity index (χ1) is 9.76. The molecule has 0 aromatic heterocycles. The maximum atomic E-state index is 13.8. The summed E-state index contributed by atoms with van der Waals surface area (Å²) in [7, 11) is 0. The summed E-state index contributed by atoms with van der Waals surface area (Å²) in [5, 5.41) is 0. The van der Waals surface area contributed by atoms with Crippen LogP contribution in [-0.2, 0) is 0 Å². The van der Waals surface area contributed by atoms with Crippen molar-refractivity contribution in [2.45, 2.75) is 6.18 Å². The molecule has 1 saturated heterocycles. The zero-order valence-electron chi connectivity index (χ0n) is 11.2. The van der Waals surface area contributed by atoms with Crippen LogP contribution >= 0.6 is 12.2 Å². The van der Waals surface area contributed by atoms with Gasteiger partial charge < -0.3 is 10.6 Å². The number of alkyl halides is 3. The molecule has 3 nitrogen and oxygen atoms in total. The fourth-order valence-electron chi connectivity index (χ4n) is 2.32. The fraction of sp³-hybridized carbons (Fsp3) is 0.462. The Hall–Kier alpha value is -1.41. The quantitative estimate of drug-likeness (QED) is 0.683.